The van der Waals surface area contributed by atoms with E-state index in [2.05, 4.69) is 30.2 Å². The molecule has 0 spiro atoms. The first-order valence-electron chi connectivity index (χ1n) is 14.3. The van der Waals surface area contributed by atoms with Crippen molar-refractivity contribution < 1.29 is 28.6 Å². The average Bonchev–Trinajstić information content (AvgIpc) is 3.22. The number of phenols is 1. The molecule has 0 saturated carbocycles. The second-order valence-corrected chi connectivity index (χ2v) is 12.2. The molecule has 10 nitrogen and oxygen atoms in total. The minimum Gasteiger partial charge on any atom is -0.507 e. The van der Waals surface area contributed by atoms with E-state index in [9.17, 15) is 14.7 Å². The predicted molar refractivity (Wildman–Crippen MR) is 156 cm³/mol. The Morgan fingerprint density at radius 1 is 1.17 bits per heavy atom. The fourth-order valence-corrected chi connectivity index (χ4v) is 6.94. The van der Waals surface area contributed by atoms with E-state index in [4.69, 9.17) is 26.1 Å². The van der Waals surface area contributed by atoms with Gasteiger partial charge in [0.2, 0.25) is 5.91 Å². The van der Waals surface area contributed by atoms with Crippen LogP contribution in [0.5, 0.6) is 11.5 Å². The molecule has 1 aromatic heterocycles. The van der Waals surface area contributed by atoms with Crippen molar-refractivity contribution in [2.45, 2.75) is 37.9 Å². The highest BCUT2D eigenvalue weighted by Gasteiger charge is 2.46. The highest BCUT2D eigenvalue weighted by molar-refractivity contribution is 6.35. The van der Waals surface area contributed by atoms with E-state index in [0.29, 0.717) is 38.7 Å². The molecule has 6 rings (SSSR count). The lowest BCUT2D eigenvalue weighted by Crippen LogP contribution is -2.57. The molecular weight excluding hydrogens is 565 g/mol. The third kappa shape index (κ3) is 4.87. The van der Waals surface area contributed by atoms with Crippen LogP contribution in [0.4, 0.5) is 10.2 Å². The second kappa shape index (κ2) is 11.0. The number of anilines is 1. The molecule has 224 valence electrons. The van der Waals surface area contributed by atoms with Crippen molar-refractivity contribution in [1.29, 1.82) is 0 Å². The minimum absolute atomic E-state index is 0.00257. The van der Waals surface area contributed by atoms with E-state index >= 15 is 4.39 Å². The molecule has 1 aromatic carbocycles. The highest BCUT2D eigenvalue weighted by Crippen LogP contribution is 2.48. The molecule has 0 bridgehead atoms. The molecule has 0 radical (unpaired) electrons. The molecule has 4 aliphatic rings. The molecular formula is C30H35ClFN5O5. The van der Waals surface area contributed by atoms with Crippen molar-refractivity contribution in [2.24, 2.45) is 0 Å². The van der Waals surface area contributed by atoms with Crippen molar-refractivity contribution in [2.75, 3.05) is 64.0 Å². The quantitative estimate of drug-likeness (QED) is 0.535. The Bertz CT molecular complexity index is 1410. The van der Waals surface area contributed by atoms with Crippen LogP contribution < -0.4 is 9.64 Å². The summed E-state index contributed by atoms with van der Waals surface area (Å²) in [5.74, 6) is -1.10. The summed E-state index contributed by atoms with van der Waals surface area (Å²) in [4.78, 5) is 39.4. The molecule has 4 aliphatic heterocycles. The van der Waals surface area contributed by atoms with Gasteiger partial charge in [0.15, 0.2) is 5.75 Å². The number of phenolic OH excluding ortho intramolecular Hbond substituents is 1. The monoisotopic (exact) mass is 599 g/mol. The number of rotatable bonds is 4. The van der Waals surface area contributed by atoms with E-state index in [1.807, 2.05) is 0 Å². The SMILES string of the molecule is C=CC(=O)N1CCN2C(=O)c3c(N4CC(N5CCOCC5)CC4(C)C)nc(-c4c(O)cccc4F)c(Cl)c3OCC2C1. The Morgan fingerprint density at radius 3 is 2.64 bits per heavy atom. The summed E-state index contributed by atoms with van der Waals surface area (Å²) in [6.45, 7) is 12.3. The van der Waals surface area contributed by atoms with Crippen molar-refractivity contribution in [3.05, 3.63) is 47.3 Å². The number of pyridine rings is 1. The number of aromatic hydroxyl groups is 1. The van der Waals surface area contributed by atoms with E-state index in [1.54, 1.807) is 9.80 Å². The van der Waals surface area contributed by atoms with Gasteiger partial charge < -0.3 is 29.3 Å². The average molecular weight is 600 g/mol. The summed E-state index contributed by atoms with van der Waals surface area (Å²) in [5, 5.41) is 10.6. The zero-order valence-electron chi connectivity index (χ0n) is 23.8. The predicted octanol–water partition coefficient (Wildman–Crippen LogP) is 3.17. The van der Waals surface area contributed by atoms with Crippen LogP contribution in [-0.2, 0) is 9.53 Å². The number of hydrogen-bond donors (Lipinski definition) is 1. The number of halogens is 2. The molecule has 5 heterocycles. The molecule has 2 aromatic rings. The molecule has 2 atom stereocenters. The van der Waals surface area contributed by atoms with Crippen LogP contribution in [-0.4, -0.2) is 113 Å². The Balaban J connectivity index is 1.49. The van der Waals surface area contributed by atoms with Gasteiger partial charge in [-0.15, -0.1) is 0 Å². The third-order valence-electron chi connectivity index (χ3n) is 8.84. The van der Waals surface area contributed by atoms with E-state index < -0.39 is 17.4 Å². The van der Waals surface area contributed by atoms with Gasteiger partial charge in [-0.3, -0.25) is 14.5 Å². The van der Waals surface area contributed by atoms with Crippen LogP contribution in [0.3, 0.4) is 0 Å². The maximum Gasteiger partial charge on any atom is 0.261 e. The van der Waals surface area contributed by atoms with Gasteiger partial charge >= 0.3 is 0 Å². The highest BCUT2D eigenvalue weighted by atomic mass is 35.5. The zero-order chi connectivity index (χ0) is 29.8. The first-order valence-corrected chi connectivity index (χ1v) is 14.6. The Morgan fingerprint density at radius 2 is 1.93 bits per heavy atom. The van der Waals surface area contributed by atoms with E-state index in [0.717, 1.165) is 19.5 Å². The largest absolute Gasteiger partial charge is 0.507 e. The molecule has 2 amide bonds. The summed E-state index contributed by atoms with van der Waals surface area (Å²) in [5.41, 5.74) is -0.370. The standard InChI is InChI=1S/C30H35ClFN5O5/c1-4-22(39)35-8-9-36-19(15-35)17-42-27-24(29(36)40)28(33-26(25(27)31)23-20(32)6-5-7-21(23)38)37-16-18(14-30(37,2)3)34-10-12-41-13-11-34/h4-7,18-19,38H,1,8-17H2,2-3H3. The lowest BCUT2D eigenvalue weighted by Gasteiger charge is -2.40. The second-order valence-electron chi connectivity index (χ2n) is 11.8. The minimum atomic E-state index is -0.696. The number of nitrogens with zero attached hydrogens (tertiary/aromatic N) is 5. The Hall–Kier alpha value is -3.41. The number of piperazine rings is 1. The zero-order valence-corrected chi connectivity index (χ0v) is 24.6. The topological polar surface area (TPSA) is 98.7 Å². The number of aromatic nitrogens is 1. The molecule has 3 saturated heterocycles. The number of carbonyl (C=O) groups is 2. The molecule has 3 fully saturated rings. The van der Waals surface area contributed by atoms with Crippen LogP contribution in [0.25, 0.3) is 11.3 Å². The van der Waals surface area contributed by atoms with Crippen LogP contribution in [0.1, 0.15) is 30.6 Å². The van der Waals surface area contributed by atoms with E-state index in [1.165, 1.54) is 24.3 Å². The fraction of sp³-hybridized carbons (Fsp3) is 0.500. The number of carbonyl (C=O) groups excluding carboxylic acids is 2. The normalized spacial score (nSPS) is 24.1. The van der Waals surface area contributed by atoms with Gasteiger partial charge in [-0.05, 0) is 38.5 Å². The van der Waals surface area contributed by atoms with Gasteiger partial charge in [0.25, 0.3) is 5.91 Å². The summed E-state index contributed by atoms with van der Waals surface area (Å²) in [6.07, 6.45) is 2.07. The van der Waals surface area contributed by atoms with Crippen molar-refractivity contribution >= 4 is 29.2 Å². The third-order valence-corrected chi connectivity index (χ3v) is 9.20. The first kappa shape index (κ1) is 28.7. The summed E-state index contributed by atoms with van der Waals surface area (Å²) in [6, 6.07) is 3.75. The van der Waals surface area contributed by atoms with Gasteiger partial charge in [-0.2, -0.15) is 0 Å². The van der Waals surface area contributed by atoms with Gasteiger partial charge in [0.1, 0.15) is 40.3 Å². The lowest BCUT2D eigenvalue weighted by molar-refractivity contribution is -0.128. The smallest absolute Gasteiger partial charge is 0.261 e. The fourth-order valence-electron chi connectivity index (χ4n) is 6.65. The van der Waals surface area contributed by atoms with Crippen molar-refractivity contribution in [1.82, 2.24) is 19.7 Å². The number of hydrogen-bond acceptors (Lipinski definition) is 8. The molecule has 2 unspecified atom stereocenters. The molecule has 0 aliphatic carbocycles. The van der Waals surface area contributed by atoms with Crippen molar-refractivity contribution in [3.63, 3.8) is 0 Å². The number of morpholine rings is 1. The van der Waals surface area contributed by atoms with Crippen molar-refractivity contribution in [3.8, 4) is 22.8 Å². The van der Waals surface area contributed by atoms with Crippen LogP contribution in [0.15, 0.2) is 30.9 Å². The van der Waals surface area contributed by atoms with Crippen LogP contribution in [0, 0.1) is 5.82 Å². The molecule has 12 heteroatoms. The number of amides is 2. The van der Waals surface area contributed by atoms with Gasteiger partial charge in [-0.25, -0.2) is 9.37 Å². The van der Waals surface area contributed by atoms with Gasteiger partial charge in [0.05, 0.1) is 24.8 Å². The maximum absolute atomic E-state index is 15.2. The molecule has 1 N–H and O–H groups in total. The van der Waals surface area contributed by atoms with Crippen LogP contribution >= 0.6 is 11.6 Å². The lowest BCUT2D eigenvalue weighted by atomic mass is 9.98. The van der Waals surface area contributed by atoms with Crippen LogP contribution in [0.2, 0.25) is 5.02 Å². The summed E-state index contributed by atoms with van der Waals surface area (Å²) in [7, 11) is 0. The number of benzene rings is 1. The Kier molecular flexibility index (Phi) is 7.53. The summed E-state index contributed by atoms with van der Waals surface area (Å²) < 4.78 is 27.1. The summed E-state index contributed by atoms with van der Waals surface area (Å²) >= 11 is 6.89. The van der Waals surface area contributed by atoms with E-state index in [-0.39, 0.29) is 64.4 Å². The van der Waals surface area contributed by atoms with Gasteiger partial charge in [-0.1, -0.05) is 24.2 Å². The Labute approximate surface area is 249 Å². The first-order chi connectivity index (χ1) is 20.1. The molecule has 42 heavy (non-hydrogen) atoms. The maximum atomic E-state index is 15.2. The van der Waals surface area contributed by atoms with Gasteiger partial charge in [0, 0.05) is 50.8 Å². The number of fused-ring (bicyclic) bond motifs is 2. The number of ether oxygens (including phenoxy) is 2.